The zero-order valence-electron chi connectivity index (χ0n) is 17.4. The number of urea groups is 1. The van der Waals surface area contributed by atoms with E-state index >= 15 is 0 Å². The minimum absolute atomic E-state index is 0.0525. The van der Waals surface area contributed by atoms with Crippen LogP contribution in [0.15, 0.2) is 42.5 Å². The number of hydrogen-bond donors (Lipinski definition) is 3. The minimum Gasteiger partial charge on any atom is -0.334 e. The van der Waals surface area contributed by atoms with Crippen LogP contribution in [-0.4, -0.2) is 40.5 Å². The van der Waals surface area contributed by atoms with Gasteiger partial charge in [-0.05, 0) is 54.8 Å². The minimum atomic E-state index is -0.658. The predicted octanol–water partition coefficient (Wildman–Crippen LogP) is 1.97. The van der Waals surface area contributed by atoms with Gasteiger partial charge in [-0.2, -0.15) is 0 Å². The summed E-state index contributed by atoms with van der Waals surface area (Å²) in [5.41, 5.74) is 3.15. The highest BCUT2D eigenvalue weighted by atomic mass is 16.2. The van der Waals surface area contributed by atoms with Gasteiger partial charge in [0, 0.05) is 36.3 Å². The molecule has 0 aliphatic carbocycles. The Morgan fingerprint density at radius 3 is 2.53 bits per heavy atom. The molecule has 3 N–H and O–H groups in total. The number of carbonyl (C=O) groups is 5. The largest absolute Gasteiger partial charge is 0.334 e. The molecular formula is C23H22N4O5. The molecule has 2 aromatic carbocycles. The Bertz CT molecular complexity index is 1130. The maximum Gasteiger partial charge on any atom is 0.319 e. The van der Waals surface area contributed by atoms with E-state index in [1.807, 2.05) is 12.1 Å². The van der Waals surface area contributed by atoms with E-state index < -0.39 is 18.0 Å². The predicted molar refractivity (Wildman–Crippen MR) is 115 cm³/mol. The molecule has 0 saturated carbocycles. The summed E-state index contributed by atoms with van der Waals surface area (Å²) in [5, 5.41) is 7.71. The van der Waals surface area contributed by atoms with Crippen molar-refractivity contribution in [2.75, 3.05) is 5.32 Å². The summed E-state index contributed by atoms with van der Waals surface area (Å²) < 4.78 is 0. The molecule has 1 atom stereocenters. The van der Waals surface area contributed by atoms with Gasteiger partial charge in [0.15, 0.2) is 5.78 Å². The van der Waals surface area contributed by atoms with E-state index in [1.54, 1.807) is 30.3 Å². The molecule has 2 aliphatic rings. The van der Waals surface area contributed by atoms with E-state index in [9.17, 15) is 24.0 Å². The topological polar surface area (TPSA) is 125 Å². The van der Waals surface area contributed by atoms with Crippen molar-refractivity contribution in [3.8, 4) is 0 Å². The highest BCUT2D eigenvalue weighted by Crippen LogP contribution is 2.28. The molecule has 0 radical (unpaired) electrons. The second-order valence-electron chi connectivity index (χ2n) is 7.83. The number of Topliss-reactive ketones (excluding diaryl/α,β-unsaturated/α-hetero) is 1. The molecule has 5 amide bonds. The summed E-state index contributed by atoms with van der Waals surface area (Å²) in [7, 11) is 0. The van der Waals surface area contributed by atoms with Crippen molar-refractivity contribution in [1.82, 2.24) is 15.5 Å². The van der Waals surface area contributed by atoms with E-state index in [1.165, 1.54) is 11.8 Å². The number of rotatable bonds is 5. The van der Waals surface area contributed by atoms with Crippen LogP contribution >= 0.6 is 0 Å². The molecule has 9 nitrogen and oxygen atoms in total. The van der Waals surface area contributed by atoms with Gasteiger partial charge in [-0.1, -0.05) is 12.1 Å². The summed E-state index contributed by atoms with van der Waals surface area (Å²) in [6.07, 6.45) is 0.519. The lowest BCUT2D eigenvalue weighted by Gasteiger charge is -2.29. The normalized spacial score (nSPS) is 17.6. The van der Waals surface area contributed by atoms with Gasteiger partial charge >= 0.3 is 6.03 Å². The van der Waals surface area contributed by atoms with Crippen LogP contribution in [0.25, 0.3) is 0 Å². The van der Waals surface area contributed by atoms with Crippen LogP contribution in [0.3, 0.4) is 0 Å². The Hall–Kier alpha value is -4.01. The van der Waals surface area contributed by atoms with Crippen LogP contribution in [0.2, 0.25) is 0 Å². The number of piperidine rings is 1. The quantitative estimate of drug-likeness (QED) is 0.490. The van der Waals surface area contributed by atoms with Crippen molar-refractivity contribution in [2.24, 2.45) is 0 Å². The van der Waals surface area contributed by atoms with Crippen LogP contribution in [0.5, 0.6) is 0 Å². The smallest absolute Gasteiger partial charge is 0.319 e. The van der Waals surface area contributed by atoms with Crippen LogP contribution in [0.4, 0.5) is 10.5 Å². The Balaban J connectivity index is 1.36. The summed E-state index contributed by atoms with van der Waals surface area (Å²) in [5.74, 6) is -1.08. The number of hydrogen-bond acceptors (Lipinski definition) is 5. The van der Waals surface area contributed by atoms with Gasteiger partial charge in [0.25, 0.3) is 5.91 Å². The van der Waals surface area contributed by atoms with E-state index in [2.05, 4.69) is 16.0 Å². The second kappa shape index (κ2) is 8.62. The molecule has 1 saturated heterocycles. The Morgan fingerprint density at radius 2 is 1.84 bits per heavy atom. The van der Waals surface area contributed by atoms with Gasteiger partial charge in [0.1, 0.15) is 6.04 Å². The van der Waals surface area contributed by atoms with Gasteiger partial charge in [-0.3, -0.25) is 24.5 Å². The highest BCUT2D eigenvalue weighted by Gasteiger charge is 2.39. The maximum atomic E-state index is 12.9. The SMILES string of the molecule is CC(=O)c1ccc(NC(=O)NCc2ccc3c(c2)C(=O)N(C2CCC(=O)NC2=O)C3)cc1. The fraction of sp³-hybridized carbons (Fsp3) is 0.261. The standard InChI is InChI=1S/C23H22N4O5/c1-13(28)15-4-6-17(7-5-15)25-23(32)24-11-14-2-3-16-12-27(22(31)18(16)10-14)19-8-9-20(29)26-21(19)30/h2-7,10,19H,8-9,11-12H2,1H3,(H2,24,25,32)(H,26,29,30). The van der Waals surface area contributed by atoms with Gasteiger partial charge < -0.3 is 15.5 Å². The van der Waals surface area contributed by atoms with E-state index in [4.69, 9.17) is 0 Å². The molecule has 1 fully saturated rings. The third-order valence-electron chi connectivity index (χ3n) is 5.59. The Kier molecular flexibility index (Phi) is 5.72. The Labute approximate surface area is 184 Å². The lowest BCUT2D eigenvalue weighted by Crippen LogP contribution is -2.52. The van der Waals surface area contributed by atoms with Crippen LogP contribution in [0, 0.1) is 0 Å². The third kappa shape index (κ3) is 4.36. The average molecular weight is 434 g/mol. The van der Waals surface area contributed by atoms with Crippen molar-refractivity contribution in [3.63, 3.8) is 0 Å². The summed E-state index contributed by atoms with van der Waals surface area (Å²) in [6.45, 7) is 1.99. The average Bonchev–Trinajstić information content (AvgIpc) is 3.08. The summed E-state index contributed by atoms with van der Waals surface area (Å²) in [6, 6.07) is 10.8. The highest BCUT2D eigenvalue weighted by molar-refractivity contribution is 6.05. The summed E-state index contributed by atoms with van der Waals surface area (Å²) >= 11 is 0. The van der Waals surface area contributed by atoms with Crippen molar-refractivity contribution in [1.29, 1.82) is 0 Å². The van der Waals surface area contributed by atoms with Gasteiger partial charge in [0.2, 0.25) is 11.8 Å². The second-order valence-corrected chi connectivity index (χ2v) is 7.83. The number of nitrogens with zero attached hydrogens (tertiary/aromatic N) is 1. The molecule has 0 spiro atoms. The van der Waals surface area contributed by atoms with Crippen molar-refractivity contribution in [2.45, 2.75) is 38.9 Å². The number of nitrogens with one attached hydrogen (secondary N) is 3. The molecule has 2 aromatic rings. The van der Waals surface area contributed by atoms with E-state index in [-0.39, 0.29) is 30.6 Å². The zero-order chi connectivity index (χ0) is 22.8. The molecule has 0 bridgehead atoms. The molecule has 32 heavy (non-hydrogen) atoms. The fourth-order valence-electron chi connectivity index (χ4n) is 3.86. The number of ketones is 1. The van der Waals surface area contributed by atoms with Crippen molar-refractivity contribution >= 4 is 35.2 Å². The Morgan fingerprint density at radius 1 is 1.09 bits per heavy atom. The first kappa shape index (κ1) is 21.2. The lowest BCUT2D eigenvalue weighted by molar-refractivity contribution is -0.136. The monoisotopic (exact) mass is 434 g/mol. The van der Waals surface area contributed by atoms with E-state index in [0.29, 0.717) is 29.8 Å². The first-order valence-corrected chi connectivity index (χ1v) is 10.2. The molecular weight excluding hydrogens is 412 g/mol. The summed E-state index contributed by atoms with van der Waals surface area (Å²) in [4.78, 5) is 61.4. The number of imide groups is 1. The molecule has 2 heterocycles. The van der Waals surface area contributed by atoms with Crippen molar-refractivity contribution in [3.05, 3.63) is 64.7 Å². The van der Waals surface area contributed by atoms with Crippen molar-refractivity contribution < 1.29 is 24.0 Å². The molecule has 2 aliphatic heterocycles. The van der Waals surface area contributed by atoms with Gasteiger partial charge in [-0.25, -0.2) is 4.79 Å². The number of anilines is 1. The maximum absolute atomic E-state index is 12.9. The third-order valence-corrected chi connectivity index (χ3v) is 5.59. The number of fused-ring (bicyclic) bond motifs is 1. The van der Waals surface area contributed by atoms with E-state index in [0.717, 1.165) is 11.1 Å². The molecule has 0 aromatic heterocycles. The van der Waals surface area contributed by atoms with Gasteiger partial charge in [0.05, 0.1) is 0 Å². The molecule has 9 heteroatoms. The van der Waals surface area contributed by atoms with Crippen LogP contribution in [-0.2, 0) is 22.7 Å². The lowest BCUT2D eigenvalue weighted by atomic mass is 10.0. The van der Waals surface area contributed by atoms with Crippen LogP contribution in [0.1, 0.15) is 51.6 Å². The van der Waals surface area contributed by atoms with Crippen LogP contribution < -0.4 is 16.0 Å². The molecule has 4 rings (SSSR count). The first-order chi connectivity index (χ1) is 15.3. The zero-order valence-corrected chi connectivity index (χ0v) is 17.4. The first-order valence-electron chi connectivity index (χ1n) is 10.2. The number of amides is 5. The van der Waals surface area contributed by atoms with Gasteiger partial charge in [-0.15, -0.1) is 0 Å². The molecule has 164 valence electrons. The fourth-order valence-corrected chi connectivity index (χ4v) is 3.86. The number of benzene rings is 2. The number of carbonyl (C=O) groups excluding carboxylic acids is 5. The molecule has 1 unspecified atom stereocenters.